The second-order valence-corrected chi connectivity index (χ2v) is 4.47. The van der Waals surface area contributed by atoms with Crippen LogP contribution in [0.1, 0.15) is 13.8 Å². The molecule has 0 aliphatic rings. The summed E-state index contributed by atoms with van der Waals surface area (Å²) in [6.45, 7) is 3.47. The summed E-state index contributed by atoms with van der Waals surface area (Å²) in [5.41, 5.74) is 4.31. The molecule has 7 heteroatoms. The van der Waals surface area contributed by atoms with Crippen LogP contribution < -0.4 is 15.6 Å². The first-order valence-corrected chi connectivity index (χ1v) is 6.47. The average molecular weight is 331 g/mol. The largest absolute Gasteiger partial charge is 0.481 e. The minimum Gasteiger partial charge on any atom is -0.481 e. The zero-order chi connectivity index (χ0) is 14.3. The van der Waals surface area contributed by atoms with Crippen molar-refractivity contribution in [3.63, 3.8) is 0 Å². The number of rotatable bonds is 4. The van der Waals surface area contributed by atoms with Crippen molar-refractivity contribution < 1.29 is 19.1 Å². The predicted octanol–water partition coefficient (Wildman–Crippen LogP) is 1.99. The molecular formula is C12H15BrN2O4. The molecule has 2 amide bonds. The molecule has 0 heterocycles. The third-order valence-electron chi connectivity index (χ3n) is 2.04. The molecule has 0 bridgehead atoms. The van der Waals surface area contributed by atoms with Gasteiger partial charge in [0.15, 0.2) is 6.10 Å². The topological polar surface area (TPSA) is 76.7 Å². The summed E-state index contributed by atoms with van der Waals surface area (Å²) in [6.07, 6.45) is -1.47. The molecule has 0 aliphatic carbocycles. The first-order valence-electron chi connectivity index (χ1n) is 5.67. The van der Waals surface area contributed by atoms with Gasteiger partial charge in [-0.3, -0.25) is 10.2 Å². The van der Waals surface area contributed by atoms with Gasteiger partial charge in [0.2, 0.25) is 0 Å². The van der Waals surface area contributed by atoms with Gasteiger partial charge in [0.25, 0.3) is 5.91 Å². The SMILES string of the molecule is CCOC(=O)NNC(=O)[C@H](C)Oc1cccc(Br)c1. The molecule has 1 rings (SSSR count). The van der Waals surface area contributed by atoms with Gasteiger partial charge in [-0.25, -0.2) is 10.2 Å². The van der Waals surface area contributed by atoms with E-state index in [-0.39, 0.29) is 6.61 Å². The van der Waals surface area contributed by atoms with E-state index >= 15 is 0 Å². The van der Waals surface area contributed by atoms with Gasteiger partial charge in [-0.2, -0.15) is 0 Å². The number of carbonyl (C=O) groups excluding carboxylic acids is 2. The Kier molecular flexibility index (Phi) is 6.14. The van der Waals surface area contributed by atoms with Crippen molar-refractivity contribution in [2.45, 2.75) is 20.0 Å². The zero-order valence-electron chi connectivity index (χ0n) is 10.6. The smallest absolute Gasteiger partial charge is 0.426 e. The Morgan fingerprint density at radius 1 is 1.37 bits per heavy atom. The average Bonchev–Trinajstić information content (AvgIpc) is 2.36. The molecule has 0 aliphatic heterocycles. The van der Waals surface area contributed by atoms with Gasteiger partial charge in [0.1, 0.15) is 5.75 Å². The standard InChI is InChI=1S/C12H15BrN2O4/c1-3-18-12(17)15-14-11(16)8(2)19-10-6-4-5-9(13)7-10/h4-8H,3H2,1-2H3,(H,14,16)(H,15,17)/t8-/m0/s1. The first-order chi connectivity index (χ1) is 9.02. The summed E-state index contributed by atoms with van der Waals surface area (Å²) >= 11 is 3.30. The maximum atomic E-state index is 11.6. The fraction of sp³-hybridized carbons (Fsp3) is 0.333. The van der Waals surface area contributed by atoms with E-state index in [1.54, 1.807) is 32.0 Å². The predicted molar refractivity (Wildman–Crippen MR) is 72.5 cm³/mol. The lowest BCUT2D eigenvalue weighted by Crippen LogP contribution is -2.47. The van der Waals surface area contributed by atoms with Crippen LogP contribution in [0.15, 0.2) is 28.7 Å². The van der Waals surface area contributed by atoms with Crippen molar-refractivity contribution in [3.8, 4) is 5.75 Å². The van der Waals surface area contributed by atoms with Crippen LogP contribution >= 0.6 is 15.9 Å². The summed E-state index contributed by atoms with van der Waals surface area (Å²) in [7, 11) is 0. The quantitative estimate of drug-likeness (QED) is 0.828. The van der Waals surface area contributed by atoms with Gasteiger partial charge in [-0.1, -0.05) is 22.0 Å². The van der Waals surface area contributed by atoms with Crippen LogP contribution in [0.5, 0.6) is 5.75 Å². The Morgan fingerprint density at radius 2 is 2.11 bits per heavy atom. The Hall–Kier alpha value is -1.76. The van der Waals surface area contributed by atoms with E-state index in [2.05, 4.69) is 31.5 Å². The number of hydrogen-bond acceptors (Lipinski definition) is 4. The van der Waals surface area contributed by atoms with Gasteiger partial charge in [0, 0.05) is 4.47 Å². The molecule has 0 spiro atoms. The van der Waals surface area contributed by atoms with E-state index < -0.39 is 18.1 Å². The van der Waals surface area contributed by atoms with Crippen molar-refractivity contribution in [1.82, 2.24) is 10.9 Å². The van der Waals surface area contributed by atoms with Crippen molar-refractivity contribution in [3.05, 3.63) is 28.7 Å². The lowest BCUT2D eigenvalue weighted by molar-refractivity contribution is -0.128. The summed E-state index contributed by atoms with van der Waals surface area (Å²) < 4.78 is 10.9. The van der Waals surface area contributed by atoms with E-state index in [4.69, 9.17) is 4.74 Å². The molecule has 2 N–H and O–H groups in total. The highest BCUT2D eigenvalue weighted by Crippen LogP contribution is 2.18. The molecule has 19 heavy (non-hydrogen) atoms. The van der Waals surface area contributed by atoms with E-state index in [1.165, 1.54) is 0 Å². The minimum absolute atomic E-state index is 0.228. The number of carbonyl (C=O) groups is 2. The minimum atomic E-state index is -0.753. The van der Waals surface area contributed by atoms with Crippen LogP contribution in [0.3, 0.4) is 0 Å². The van der Waals surface area contributed by atoms with Gasteiger partial charge in [-0.05, 0) is 32.0 Å². The molecule has 104 valence electrons. The molecule has 1 atom stereocenters. The van der Waals surface area contributed by atoms with Crippen molar-refractivity contribution in [1.29, 1.82) is 0 Å². The normalized spacial score (nSPS) is 11.3. The zero-order valence-corrected chi connectivity index (χ0v) is 12.2. The van der Waals surface area contributed by atoms with Crippen molar-refractivity contribution in [2.24, 2.45) is 0 Å². The molecule has 1 aromatic rings. The molecule has 0 unspecified atom stereocenters. The maximum Gasteiger partial charge on any atom is 0.426 e. The number of benzene rings is 1. The number of ether oxygens (including phenoxy) is 2. The number of amides is 2. The van der Waals surface area contributed by atoms with E-state index in [0.717, 1.165) is 4.47 Å². The molecule has 0 fully saturated rings. The molecule has 6 nitrogen and oxygen atoms in total. The molecular weight excluding hydrogens is 316 g/mol. The van der Waals surface area contributed by atoms with Crippen molar-refractivity contribution in [2.75, 3.05) is 6.61 Å². The number of hydrazine groups is 1. The highest BCUT2D eigenvalue weighted by molar-refractivity contribution is 9.10. The van der Waals surface area contributed by atoms with Crippen LogP contribution in [-0.2, 0) is 9.53 Å². The highest BCUT2D eigenvalue weighted by atomic mass is 79.9. The van der Waals surface area contributed by atoms with E-state index in [0.29, 0.717) is 5.75 Å². The number of nitrogens with one attached hydrogen (secondary N) is 2. The van der Waals surface area contributed by atoms with Crippen LogP contribution in [-0.4, -0.2) is 24.7 Å². The summed E-state index contributed by atoms with van der Waals surface area (Å²) in [4.78, 5) is 22.6. The Balaban J connectivity index is 2.42. The Labute approximate surface area is 119 Å². The molecule has 0 aromatic heterocycles. The van der Waals surface area contributed by atoms with Crippen molar-refractivity contribution >= 4 is 27.9 Å². The number of halogens is 1. The first kappa shape index (κ1) is 15.3. The van der Waals surface area contributed by atoms with Gasteiger partial charge >= 0.3 is 6.09 Å². The summed E-state index contributed by atoms with van der Waals surface area (Å²) in [5, 5.41) is 0. The molecule has 1 aromatic carbocycles. The maximum absolute atomic E-state index is 11.6. The fourth-order valence-electron chi connectivity index (χ4n) is 1.18. The fourth-order valence-corrected chi connectivity index (χ4v) is 1.56. The third kappa shape index (κ3) is 5.60. The molecule has 0 saturated heterocycles. The van der Waals surface area contributed by atoms with Crippen LogP contribution in [0.4, 0.5) is 4.79 Å². The lowest BCUT2D eigenvalue weighted by atomic mass is 10.3. The highest BCUT2D eigenvalue weighted by Gasteiger charge is 2.15. The second-order valence-electron chi connectivity index (χ2n) is 3.55. The van der Waals surface area contributed by atoms with Gasteiger partial charge < -0.3 is 9.47 Å². The van der Waals surface area contributed by atoms with E-state index in [9.17, 15) is 9.59 Å². The van der Waals surface area contributed by atoms with Crippen LogP contribution in [0, 0.1) is 0 Å². The molecule has 0 radical (unpaired) electrons. The Morgan fingerprint density at radius 3 is 2.74 bits per heavy atom. The van der Waals surface area contributed by atoms with Gasteiger partial charge in [-0.15, -0.1) is 0 Å². The van der Waals surface area contributed by atoms with Crippen LogP contribution in [0.2, 0.25) is 0 Å². The summed E-state index contributed by atoms with van der Waals surface area (Å²) in [6, 6.07) is 7.11. The lowest BCUT2D eigenvalue weighted by Gasteiger charge is -2.15. The number of hydrogen-bond donors (Lipinski definition) is 2. The monoisotopic (exact) mass is 330 g/mol. The Bertz CT molecular complexity index is 453. The third-order valence-corrected chi connectivity index (χ3v) is 2.53. The molecule has 0 saturated carbocycles. The summed E-state index contributed by atoms with van der Waals surface area (Å²) in [5.74, 6) is 0.0705. The van der Waals surface area contributed by atoms with Crippen LogP contribution in [0.25, 0.3) is 0 Å². The van der Waals surface area contributed by atoms with Gasteiger partial charge in [0.05, 0.1) is 6.61 Å². The van der Waals surface area contributed by atoms with E-state index in [1.807, 2.05) is 6.07 Å². The second kappa shape index (κ2) is 7.63.